The molecule has 0 aliphatic rings. The Balaban J connectivity index is 2.59. The molecule has 1 heterocycles. The predicted octanol–water partition coefficient (Wildman–Crippen LogP) is 3.32. The summed E-state index contributed by atoms with van der Waals surface area (Å²) < 4.78 is 38.9. The van der Waals surface area contributed by atoms with E-state index in [4.69, 9.17) is 5.26 Å². The Kier molecular flexibility index (Phi) is 4.83. The molecule has 10 heteroatoms. The van der Waals surface area contributed by atoms with Crippen molar-refractivity contribution >= 4 is 33.3 Å². The zero-order valence-electron chi connectivity index (χ0n) is 13.5. The lowest BCUT2D eigenvalue weighted by Gasteiger charge is -2.18. The number of halogens is 1. The van der Waals surface area contributed by atoms with Gasteiger partial charge in [0, 0.05) is 10.8 Å². The minimum atomic E-state index is -4.57. The fourth-order valence-corrected chi connectivity index (χ4v) is 4.09. The summed E-state index contributed by atoms with van der Waals surface area (Å²) >= 11 is 1.13. The maximum Gasteiger partial charge on any atom is 0.427 e. The number of carboxylic acid groups (broad SMARTS) is 1. The van der Waals surface area contributed by atoms with Crippen LogP contribution in [0.5, 0.6) is 0 Å². The second-order valence-electron chi connectivity index (χ2n) is 6.07. The summed E-state index contributed by atoms with van der Waals surface area (Å²) in [4.78, 5) is 15.2. The highest BCUT2D eigenvalue weighted by molar-refractivity contribution is 7.93. The molecular weight excluding hydrogens is 369 g/mol. The van der Waals surface area contributed by atoms with Crippen LogP contribution < -0.4 is 4.31 Å². The maximum atomic E-state index is 13.4. The summed E-state index contributed by atoms with van der Waals surface area (Å²) in [7, 11) is -4.57. The highest BCUT2D eigenvalue weighted by Gasteiger charge is 2.34. The summed E-state index contributed by atoms with van der Waals surface area (Å²) in [6.45, 7) is 5.57. The zero-order chi connectivity index (χ0) is 19.0. The first-order valence-electron chi connectivity index (χ1n) is 6.92. The van der Waals surface area contributed by atoms with Crippen molar-refractivity contribution in [2.75, 3.05) is 4.31 Å². The summed E-state index contributed by atoms with van der Waals surface area (Å²) in [6, 6.07) is 4.01. The summed E-state index contributed by atoms with van der Waals surface area (Å²) in [5, 5.41) is 20.1. The second kappa shape index (κ2) is 6.42. The number of sulfonamides is 1. The molecule has 1 N–H and O–H groups in total. The molecule has 25 heavy (non-hydrogen) atoms. The SMILES string of the molecule is CC(C)(C)c1nc(N(C(=O)O)S(=O)(=O)c2ccc(F)c(C#N)c2)cs1. The van der Waals surface area contributed by atoms with E-state index < -0.39 is 32.4 Å². The van der Waals surface area contributed by atoms with Crippen molar-refractivity contribution in [2.24, 2.45) is 0 Å². The van der Waals surface area contributed by atoms with Gasteiger partial charge in [0.1, 0.15) is 16.9 Å². The van der Waals surface area contributed by atoms with Crippen LogP contribution in [0.25, 0.3) is 0 Å². The van der Waals surface area contributed by atoms with Crippen molar-refractivity contribution in [3.05, 3.63) is 40.0 Å². The van der Waals surface area contributed by atoms with E-state index in [2.05, 4.69) is 4.98 Å². The van der Waals surface area contributed by atoms with Crippen LogP contribution in [-0.4, -0.2) is 24.6 Å². The number of carbonyl (C=O) groups is 1. The van der Waals surface area contributed by atoms with E-state index in [9.17, 15) is 22.7 Å². The van der Waals surface area contributed by atoms with Crippen LogP contribution in [-0.2, 0) is 15.4 Å². The normalized spacial score (nSPS) is 11.8. The molecule has 1 aromatic carbocycles. The number of nitrogens with zero attached hydrogens (tertiary/aromatic N) is 3. The largest absolute Gasteiger partial charge is 0.464 e. The molecule has 1 amide bonds. The molecule has 0 atom stereocenters. The molecule has 0 fully saturated rings. The third kappa shape index (κ3) is 3.62. The average molecular weight is 383 g/mol. The van der Waals surface area contributed by atoms with Gasteiger partial charge < -0.3 is 5.11 Å². The average Bonchev–Trinajstić information content (AvgIpc) is 2.96. The topological polar surface area (TPSA) is 111 Å². The van der Waals surface area contributed by atoms with Crippen molar-refractivity contribution in [1.29, 1.82) is 5.26 Å². The molecule has 0 aliphatic carbocycles. The first kappa shape index (κ1) is 18.8. The van der Waals surface area contributed by atoms with Crippen LogP contribution in [0.1, 0.15) is 31.3 Å². The maximum absolute atomic E-state index is 13.4. The van der Waals surface area contributed by atoms with Gasteiger partial charge in [-0.15, -0.1) is 15.6 Å². The molecule has 1 aromatic heterocycles. The number of hydrogen-bond donors (Lipinski definition) is 1. The third-order valence-corrected chi connectivity index (χ3v) is 6.04. The fourth-order valence-electron chi connectivity index (χ4n) is 1.88. The Bertz CT molecular complexity index is 971. The Morgan fingerprint density at radius 1 is 1.40 bits per heavy atom. The van der Waals surface area contributed by atoms with E-state index in [0.29, 0.717) is 5.01 Å². The second-order valence-corrected chi connectivity index (χ2v) is 8.71. The van der Waals surface area contributed by atoms with Crippen LogP contribution in [0.2, 0.25) is 0 Å². The van der Waals surface area contributed by atoms with Crippen LogP contribution in [0.4, 0.5) is 15.0 Å². The first-order chi connectivity index (χ1) is 11.5. The van der Waals surface area contributed by atoms with Gasteiger partial charge in [-0.25, -0.2) is 22.6 Å². The number of nitriles is 1. The van der Waals surface area contributed by atoms with Gasteiger partial charge in [-0.2, -0.15) is 5.26 Å². The number of anilines is 1. The van der Waals surface area contributed by atoms with Gasteiger partial charge >= 0.3 is 6.09 Å². The lowest BCUT2D eigenvalue weighted by atomic mass is 9.98. The minimum Gasteiger partial charge on any atom is -0.464 e. The lowest BCUT2D eigenvalue weighted by molar-refractivity contribution is 0.206. The quantitative estimate of drug-likeness (QED) is 0.870. The molecule has 0 spiro atoms. The summed E-state index contributed by atoms with van der Waals surface area (Å²) in [5.41, 5.74) is -0.888. The van der Waals surface area contributed by atoms with Gasteiger partial charge in [0.2, 0.25) is 0 Å². The molecule has 0 saturated heterocycles. The Morgan fingerprint density at radius 3 is 2.52 bits per heavy atom. The van der Waals surface area contributed by atoms with E-state index in [1.807, 2.05) is 20.8 Å². The molecule has 0 radical (unpaired) electrons. The van der Waals surface area contributed by atoms with Crippen LogP contribution in [0, 0.1) is 17.1 Å². The smallest absolute Gasteiger partial charge is 0.427 e. The van der Waals surface area contributed by atoms with Gasteiger partial charge in [-0.05, 0) is 18.2 Å². The summed E-state index contributed by atoms with van der Waals surface area (Å²) in [6.07, 6.45) is -1.76. The molecule has 7 nitrogen and oxygen atoms in total. The highest BCUT2D eigenvalue weighted by Crippen LogP contribution is 2.31. The van der Waals surface area contributed by atoms with Crippen LogP contribution in [0.15, 0.2) is 28.5 Å². The van der Waals surface area contributed by atoms with E-state index in [1.54, 1.807) is 0 Å². The standard InChI is InChI=1S/C15H14FN3O4S2/c1-15(2,3)13-18-12(8-24-13)19(14(20)21)25(22,23)10-4-5-11(16)9(6-10)7-17/h4-6,8H,1-3H3,(H,20,21). The van der Waals surface area contributed by atoms with Crippen molar-refractivity contribution in [3.8, 4) is 6.07 Å². The van der Waals surface area contributed by atoms with Gasteiger partial charge in [0.05, 0.1) is 10.5 Å². The fraction of sp³-hybridized carbons (Fsp3) is 0.267. The van der Waals surface area contributed by atoms with Crippen molar-refractivity contribution in [2.45, 2.75) is 31.1 Å². The number of amides is 1. The first-order valence-corrected chi connectivity index (χ1v) is 9.24. The van der Waals surface area contributed by atoms with E-state index in [0.717, 1.165) is 29.5 Å². The molecule has 132 valence electrons. The van der Waals surface area contributed by atoms with E-state index in [1.165, 1.54) is 11.4 Å². The monoisotopic (exact) mass is 383 g/mol. The Labute approximate surface area is 148 Å². The van der Waals surface area contributed by atoms with Gasteiger partial charge in [0.15, 0.2) is 5.82 Å². The highest BCUT2D eigenvalue weighted by atomic mass is 32.2. The lowest BCUT2D eigenvalue weighted by Crippen LogP contribution is -2.36. The Hall–Kier alpha value is -2.51. The van der Waals surface area contributed by atoms with Crippen molar-refractivity contribution in [1.82, 2.24) is 4.98 Å². The Morgan fingerprint density at radius 2 is 2.04 bits per heavy atom. The van der Waals surface area contributed by atoms with Crippen molar-refractivity contribution < 1.29 is 22.7 Å². The molecule has 0 unspecified atom stereocenters. The van der Waals surface area contributed by atoms with Crippen LogP contribution >= 0.6 is 11.3 Å². The van der Waals surface area contributed by atoms with Gasteiger partial charge in [0.25, 0.3) is 10.0 Å². The van der Waals surface area contributed by atoms with Crippen molar-refractivity contribution in [3.63, 3.8) is 0 Å². The minimum absolute atomic E-state index is 0.118. The van der Waals surface area contributed by atoms with Gasteiger partial charge in [-0.1, -0.05) is 20.8 Å². The zero-order valence-corrected chi connectivity index (χ0v) is 15.2. The number of benzene rings is 1. The van der Waals surface area contributed by atoms with E-state index >= 15 is 0 Å². The molecular formula is C15H14FN3O4S2. The molecule has 0 bridgehead atoms. The van der Waals surface area contributed by atoms with Gasteiger partial charge in [-0.3, -0.25) is 0 Å². The van der Waals surface area contributed by atoms with E-state index in [-0.39, 0.29) is 15.5 Å². The summed E-state index contributed by atoms with van der Waals surface area (Å²) in [5.74, 6) is -1.17. The molecule has 0 saturated carbocycles. The third-order valence-electron chi connectivity index (χ3n) is 3.11. The molecule has 2 aromatic rings. The van der Waals surface area contributed by atoms with Crippen LogP contribution in [0.3, 0.4) is 0 Å². The molecule has 0 aliphatic heterocycles. The molecule has 2 rings (SSSR count). The number of rotatable bonds is 3. The number of thiazole rings is 1. The number of hydrogen-bond acceptors (Lipinski definition) is 6. The number of aromatic nitrogens is 1. The predicted molar refractivity (Wildman–Crippen MR) is 89.6 cm³/mol.